The van der Waals surface area contributed by atoms with Crippen LogP contribution in [-0.4, -0.2) is 18.0 Å². The van der Waals surface area contributed by atoms with Gasteiger partial charge in [-0.05, 0) is 60.9 Å². The lowest BCUT2D eigenvalue weighted by molar-refractivity contribution is -0.136. The molecule has 8 heteroatoms. The predicted octanol–water partition coefficient (Wildman–Crippen LogP) is 5.28. The van der Waals surface area contributed by atoms with Crippen molar-refractivity contribution in [3.63, 3.8) is 0 Å². The Balaban J connectivity index is 1.56. The van der Waals surface area contributed by atoms with Crippen LogP contribution < -0.4 is 15.5 Å². The molecule has 0 aliphatic heterocycles. The maximum Gasteiger partial charge on any atom is 0.329 e. The van der Waals surface area contributed by atoms with E-state index in [0.29, 0.717) is 32.6 Å². The van der Waals surface area contributed by atoms with Gasteiger partial charge >= 0.3 is 11.8 Å². The van der Waals surface area contributed by atoms with Gasteiger partial charge in [-0.15, -0.1) is 0 Å². The van der Waals surface area contributed by atoms with Crippen LogP contribution in [0.1, 0.15) is 22.3 Å². The SMILES string of the molecule is Cc1ccc(C)c(NC(=O)C(=O)N/N=C/c2cccc(OCc3c(Cl)cccc3Cl)c2)c1. The summed E-state index contributed by atoms with van der Waals surface area (Å²) < 4.78 is 5.77. The predicted molar refractivity (Wildman–Crippen MR) is 128 cm³/mol. The number of benzene rings is 3. The summed E-state index contributed by atoms with van der Waals surface area (Å²) in [5, 5.41) is 7.48. The Morgan fingerprint density at radius 3 is 2.44 bits per heavy atom. The molecule has 0 aliphatic carbocycles. The molecule has 2 N–H and O–H groups in total. The van der Waals surface area contributed by atoms with E-state index in [0.717, 1.165) is 11.1 Å². The van der Waals surface area contributed by atoms with Crippen molar-refractivity contribution < 1.29 is 14.3 Å². The van der Waals surface area contributed by atoms with Gasteiger partial charge in [0, 0.05) is 21.3 Å². The number of hydrogen-bond acceptors (Lipinski definition) is 4. The van der Waals surface area contributed by atoms with E-state index in [2.05, 4.69) is 15.8 Å². The van der Waals surface area contributed by atoms with Gasteiger partial charge in [0.05, 0.1) is 6.21 Å². The van der Waals surface area contributed by atoms with Crippen molar-refractivity contribution in [1.29, 1.82) is 0 Å². The van der Waals surface area contributed by atoms with E-state index in [1.165, 1.54) is 6.21 Å². The fraction of sp³-hybridized carbons (Fsp3) is 0.125. The summed E-state index contributed by atoms with van der Waals surface area (Å²) in [6.07, 6.45) is 1.42. The van der Waals surface area contributed by atoms with Crippen LogP contribution in [0.2, 0.25) is 10.0 Å². The fourth-order valence-electron chi connectivity index (χ4n) is 2.78. The molecule has 32 heavy (non-hydrogen) atoms. The topological polar surface area (TPSA) is 79.8 Å². The van der Waals surface area contributed by atoms with Crippen molar-refractivity contribution in [2.75, 3.05) is 5.32 Å². The van der Waals surface area contributed by atoms with E-state index in [1.807, 2.05) is 26.0 Å². The third kappa shape index (κ3) is 6.33. The molecule has 0 unspecified atom stereocenters. The second kappa shape index (κ2) is 10.8. The number of carbonyl (C=O) groups is 2. The molecular weight excluding hydrogens is 449 g/mol. The van der Waals surface area contributed by atoms with Crippen LogP contribution in [0, 0.1) is 13.8 Å². The van der Waals surface area contributed by atoms with Gasteiger partial charge in [0.15, 0.2) is 0 Å². The van der Waals surface area contributed by atoms with Gasteiger partial charge in [-0.1, -0.05) is 53.5 Å². The molecule has 0 fully saturated rings. The Labute approximate surface area is 196 Å². The first-order valence-corrected chi connectivity index (χ1v) is 10.5. The summed E-state index contributed by atoms with van der Waals surface area (Å²) in [6, 6.07) is 17.9. The Kier molecular flexibility index (Phi) is 7.87. The number of carbonyl (C=O) groups excluding carboxylic acids is 2. The number of hydrogen-bond donors (Lipinski definition) is 2. The summed E-state index contributed by atoms with van der Waals surface area (Å²) >= 11 is 12.3. The molecule has 6 nitrogen and oxygen atoms in total. The average molecular weight is 470 g/mol. The second-order valence-electron chi connectivity index (χ2n) is 7.03. The molecule has 0 aromatic heterocycles. The monoisotopic (exact) mass is 469 g/mol. The van der Waals surface area contributed by atoms with Crippen molar-refractivity contribution in [3.8, 4) is 5.75 Å². The molecule has 0 aliphatic rings. The molecule has 0 saturated heterocycles. The van der Waals surface area contributed by atoms with Crippen LogP contribution in [0.25, 0.3) is 0 Å². The lowest BCUT2D eigenvalue weighted by Gasteiger charge is -2.10. The zero-order valence-electron chi connectivity index (χ0n) is 17.5. The Hall–Kier alpha value is -3.35. The number of hydrazone groups is 1. The first-order valence-electron chi connectivity index (χ1n) is 9.71. The van der Waals surface area contributed by atoms with Crippen LogP contribution in [0.5, 0.6) is 5.75 Å². The lowest BCUT2D eigenvalue weighted by atomic mass is 10.1. The van der Waals surface area contributed by atoms with Crippen LogP contribution in [-0.2, 0) is 16.2 Å². The number of halogens is 2. The summed E-state index contributed by atoms with van der Waals surface area (Å²) in [6.45, 7) is 3.95. The zero-order chi connectivity index (χ0) is 23.1. The number of aryl methyl sites for hydroxylation is 2. The van der Waals surface area contributed by atoms with Gasteiger partial charge in [0.25, 0.3) is 0 Å². The number of amides is 2. The number of nitrogens with one attached hydrogen (secondary N) is 2. The first-order chi connectivity index (χ1) is 15.3. The lowest BCUT2D eigenvalue weighted by Crippen LogP contribution is -2.32. The number of anilines is 1. The quantitative estimate of drug-likeness (QED) is 0.292. The van der Waals surface area contributed by atoms with Crippen LogP contribution >= 0.6 is 23.2 Å². The molecule has 3 rings (SSSR count). The molecule has 164 valence electrons. The highest BCUT2D eigenvalue weighted by atomic mass is 35.5. The normalized spacial score (nSPS) is 10.8. The fourth-order valence-corrected chi connectivity index (χ4v) is 3.28. The van der Waals surface area contributed by atoms with E-state index in [9.17, 15) is 9.59 Å². The average Bonchev–Trinajstić information content (AvgIpc) is 2.76. The molecule has 0 radical (unpaired) electrons. The Morgan fingerprint density at radius 1 is 0.969 bits per heavy atom. The smallest absolute Gasteiger partial charge is 0.329 e. The van der Waals surface area contributed by atoms with Gasteiger partial charge in [-0.25, -0.2) is 5.43 Å². The van der Waals surface area contributed by atoms with Gasteiger partial charge in [0.2, 0.25) is 0 Å². The zero-order valence-corrected chi connectivity index (χ0v) is 19.0. The highest BCUT2D eigenvalue weighted by Gasteiger charge is 2.14. The minimum atomic E-state index is -0.872. The van der Waals surface area contributed by atoms with Crippen molar-refractivity contribution in [2.45, 2.75) is 20.5 Å². The Bertz CT molecular complexity index is 1160. The molecule has 3 aromatic carbocycles. The van der Waals surface area contributed by atoms with Crippen LogP contribution in [0.4, 0.5) is 5.69 Å². The number of rotatable bonds is 6. The largest absolute Gasteiger partial charge is 0.489 e. The second-order valence-corrected chi connectivity index (χ2v) is 7.85. The maximum absolute atomic E-state index is 12.1. The molecule has 0 saturated carbocycles. The standard InChI is InChI=1S/C24H21Cl2N3O3/c1-15-9-10-16(2)22(11-15)28-23(30)24(31)29-27-13-17-5-3-6-18(12-17)32-14-19-20(25)7-4-8-21(19)26/h3-13H,14H2,1-2H3,(H,28,30)(H,29,31)/b27-13+. The third-order valence-electron chi connectivity index (χ3n) is 4.53. The van der Waals surface area contributed by atoms with E-state index >= 15 is 0 Å². The van der Waals surface area contributed by atoms with E-state index in [1.54, 1.807) is 48.5 Å². The summed E-state index contributed by atoms with van der Waals surface area (Å²) in [5.74, 6) is -1.10. The third-order valence-corrected chi connectivity index (χ3v) is 5.24. The van der Waals surface area contributed by atoms with Crippen LogP contribution in [0.3, 0.4) is 0 Å². The molecule has 2 amide bonds. The number of ether oxygens (including phenoxy) is 1. The van der Waals surface area contributed by atoms with Gasteiger partial charge in [-0.2, -0.15) is 5.10 Å². The molecule has 3 aromatic rings. The first kappa shape index (κ1) is 23.3. The summed E-state index contributed by atoms with van der Waals surface area (Å²) in [5.41, 5.74) is 5.99. The van der Waals surface area contributed by atoms with Crippen molar-refractivity contribution >= 4 is 46.9 Å². The van der Waals surface area contributed by atoms with Crippen molar-refractivity contribution in [1.82, 2.24) is 5.43 Å². The van der Waals surface area contributed by atoms with E-state index in [-0.39, 0.29) is 6.61 Å². The minimum absolute atomic E-state index is 0.203. The highest BCUT2D eigenvalue weighted by Crippen LogP contribution is 2.26. The van der Waals surface area contributed by atoms with Gasteiger partial charge in [-0.3, -0.25) is 9.59 Å². The maximum atomic E-state index is 12.1. The van der Waals surface area contributed by atoms with Gasteiger partial charge < -0.3 is 10.1 Å². The number of nitrogens with zero attached hydrogens (tertiary/aromatic N) is 1. The van der Waals surface area contributed by atoms with Gasteiger partial charge in [0.1, 0.15) is 12.4 Å². The molecule has 0 bridgehead atoms. The highest BCUT2D eigenvalue weighted by molar-refractivity contribution is 6.39. The molecule has 0 atom stereocenters. The van der Waals surface area contributed by atoms with E-state index < -0.39 is 11.8 Å². The van der Waals surface area contributed by atoms with E-state index in [4.69, 9.17) is 27.9 Å². The summed E-state index contributed by atoms with van der Waals surface area (Å²) in [7, 11) is 0. The van der Waals surface area contributed by atoms with Crippen LogP contribution in [0.15, 0.2) is 65.8 Å². The minimum Gasteiger partial charge on any atom is -0.489 e. The van der Waals surface area contributed by atoms with Crippen molar-refractivity contribution in [3.05, 3.63) is 93.0 Å². The molecular formula is C24H21Cl2N3O3. The molecule has 0 heterocycles. The summed E-state index contributed by atoms with van der Waals surface area (Å²) in [4.78, 5) is 24.1. The Morgan fingerprint density at radius 2 is 1.69 bits per heavy atom. The molecule has 0 spiro atoms. The van der Waals surface area contributed by atoms with Crippen molar-refractivity contribution in [2.24, 2.45) is 5.10 Å².